The fourth-order valence-corrected chi connectivity index (χ4v) is 1.41. The molecule has 4 heteroatoms. The lowest BCUT2D eigenvalue weighted by atomic mass is 10.1. The van der Waals surface area contributed by atoms with Crippen LogP contribution in [0.2, 0.25) is 0 Å². The van der Waals surface area contributed by atoms with Crippen LogP contribution in [0.25, 0.3) is 0 Å². The van der Waals surface area contributed by atoms with Crippen molar-refractivity contribution in [3.8, 4) is 0 Å². The van der Waals surface area contributed by atoms with Crippen LogP contribution in [0.15, 0.2) is 24.3 Å². The average molecular weight is 186 g/mol. The summed E-state index contributed by atoms with van der Waals surface area (Å²) in [5, 5.41) is 0. The second-order valence-electron chi connectivity index (χ2n) is 2.90. The molecule has 0 aromatic heterocycles. The number of ketones is 1. The maximum Gasteiger partial charge on any atom is 0.344 e. The zero-order chi connectivity index (χ0) is 9.64. The Hall–Kier alpha value is -1.32. The van der Waals surface area contributed by atoms with Gasteiger partial charge in [0.05, 0.1) is 0 Å². The summed E-state index contributed by atoms with van der Waals surface area (Å²) in [5.74, 6) is -5.31. The summed E-state index contributed by atoms with van der Waals surface area (Å²) in [4.78, 5) is 10.9. The van der Waals surface area contributed by atoms with E-state index in [1.165, 1.54) is 24.3 Å². The highest BCUT2D eigenvalue weighted by Gasteiger charge is 2.55. The van der Waals surface area contributed by atoms with Crippen molar-refractivity contribution in [2.24, 2.45) is 0 Å². The third kappa shape index (κ3) is 0.913. The van der Waals surface area contributed by atoms with Gasteiger partial charge in [-0.2, -0.15) is 8.78 Å². The van der Waals surface area contributed by atoms with Crippen molar-refractivity contribution in [2.45, 2.75) is 12.1 Å². The lowest BCUT2D eigenvalue weighted by Crippen LogP contribution is -2.26. The van der Waals surface area contributed by atoms with Crippen molar-refractivity contribution in [2.75, 3.05) is 0 Å². The molecule has 1 aromatic carbocycles. The number of fused-ring (bicyclic) bond motifs is 1. The first kappa shape index (κ1) is 8.29. The predicted octanol–water partition coefficient (Wildman–Crippen LogP) is 2.53. The number of rotatable bonds is 0. The van der Waals surface area contributed by atoms with E-state index in [1.54, 1.807) is 0 Å². The average Bonchev–Trinajstić information content (AvgIpc) is 2.30. The van der Waals surface area contributed by atoms with Gasteiger partial charge in [0.25, 0.3) is 0 Å². The SMILES string of the molecule is O=C1c2ccccc2C(F)C1(F)F. The Morgan fingerprint density at radius 1 is 1.23 bits per heavy atom. The highest BCUT2D eigenvalue weighted by molar-refractivity contribution is 6.06. The summed E-state index contributed by atoms with van der Waals surface area (Å²) in [5.41, 5.74) is -0.419. The number of hydrogen-bond acceptors (Lipinski definition) is 1. The molecule has 0 fully saturated rings. The van der Waals surface area contributed by atoms with Crippen molar-refractivity contribution in [1.82, 2.24) is 0 Å². The van der Waals surface area contributed by atoms with Crippen LogP contribution in [0.1, 0.15) is 22.1 Å². The van der Waals surface area contributed by atoms with Crippen LogP contribution in [0, 0.1) is 0 Å². The van der Waals surface area contributed by atoms with E-state index in [2.05, 4.69) is 0 Å². The summed E-state index contributed by atoms with van der Waals surface area (Å²) < 4.78 is 38.6. The maximum absolute atomic E-state index is 13.0. The molecule has 68 valence electrons. The smallest absolute Gasteiger partial charge is 0.287 e. The summed E-state index contributed by atoms with van der Waals surface area (Å²) in [6.07, 6.45) is -2.49. The van der Waals surface area contributed by atoms with Gasteiger partial charge in [-0.1, -0.05) is 24.3 Å². The Balaban J connectivity index is 2.64. The zero-order valence-corrected chi connectivity index (χ0v) is 6.43. The number of benzene rings is 1. The zero-order valence-electron chi connectivity index (χ0n) is 6.43. The number of halogens is 3. The standard InChI is InChI=1S/C9H5F3O/c10-7-5-3-1-2-4-6(5)8(13)9(7,11)12/h1-4,7H. The van der Waals surface area contributed by atoms with E-state index >= 15 is 0 Å². The maximum atomic E-state index is 13.0. The van der Waals surface area contributed by atoms with Gasteiger partial charge in [-0.15, -0.1) is 0 Å². The minimum absolute atomic E-state index is 0.208. The van der Waals surface area contributed by atoms with E-state index in [1.807, 2.05) is 0 Å². The van der Waals surface area contributed by atoms with E-state index in [0.717, 1.165) is 0 Å². The van der Waals surface area contributed by atoms with Crippen molar-refractivity contribution in [3.05, 3.63) is 35.4 Å². The normalized spacial score (nSPS) is 24.5. The molecule has 1 unspecified atom stereocenters. The van der Waals surface area contributed by atoms with Gasteiger partial charge >= 0.3 is 5.92 Å². The lowest BCUT2D eigenvalue weighted by molar-refractivity contribution is -0.0364. The first-order chi connectivity index (χ1) is 6.05. The summed E-state index contributed by atoms with van der Waals surface area (Å²) in [6.45, 7) is 0. The minimum Gasteiger partial charge on any atom is -0.287 e. The molecule has 0 saturated heterocycles. The van der Waals surface area contributed by atoms with Gasteiger partial charge in [0, 0.05) is 11.1 Å². The minimum atomic E-state index is -3.89. The quantitative estimate of drug-likeness (QED) is 0.608. The van der Waals surface area contributed by atoms with Crippen LogP contribution in [0.3, 0.4) is 0 Å². The third-order valence-corrected chi connectivity index (χ3v) is 2.10. The summed E-state index contributed by atoms with van der Waals surface area (Å²) >= 11 is 0. The highest BCUT2D eigenvalue weighted by Crippen LogP contribution is 2.45. The number of alkyl halides is 3. The molecule has 0 amide bonds. The molecule has 13 heavy (non-hydrogen) atoms. The van der Waals surface area contributed by atoms with Crippen LogP contribution < -0.4 is 0 Å². The fraction of sp³-hybridized carbons (Fsp3) is 0.222. The fourth-order valence-electron chi connectivity index (χ4n) is 1.41. The first-order valence-corrected chi connectivity index (χ1v) is 3.71. The topological polar surface area (TPSA) is 17.1 Å². The molecule has 0 aliphatic heterocycles. The van der Waals surface area contributed by atoms with Crippen LogP contribution in [0.5, 0.6) is 0 Å². The molecule has 1 aliphatic rings. The lowest BCUT2D eigenvalue weighted by Gasteiger charge is -2.08. The summed E-state index contributed by atoms with van der Waals surface area (Å²) in [7, 11) is 0. The molecule has 1 atom stereocenters. The van der Waals surface area contributed by atoms with Crippen molar-refractivity contribution in [3.63, 3.8) is 0 Å². The molecule has 0 heterocycles. The largest absolute Gasteiger partial charge is 0.344 e. The molecular formula is C9H5F3O. The second-order valence-corrected chi connectivity index (χ2v) is 2.90. The molecule has 1 aromatic rings. The van der Waals surface area contributed by atoms with E-state index in [9.17, 15) is 18.0 Å². The van der Waals surface area contributed by atoms with Gasteiger partial charge in [0.1, 0.15) is 0 Å². The van der Waals surface area contributed by atoms with Crippen LogP contribution >= 0.6 is 0 Å². The van der Waals surface area contributed by atoms with Crippen molar-refractivity contribution >= 4 is 5.78 Å². The monoisotopic (exact) mass is 186 g/mol. The molecule has 0 N–H and O–H groups in total. The molecule has 0 radical (unpaired) electrons. The Labute approximate surface area is 72.2 Å². The second kappa shape index (κ2) is 2.34. The molecule has 0 spiro atoms. The van der Waals surface area contributed by atoms with Gasteiger partial charge in [0.15, 0.2) is 6.17 Å². The number of hydrogen-bond donors (Lipinski definition) is 0. The molecular weight excluding hydrogens is 181 g/mol. The first-order valence-electron chi connectivity index (χ1n) is 3.71. The van der Waals surface area contributed by atoms with Gasteiger partial charge in [-0.3, -0.25) is 4.79 Å². The van der Waals surface area contributed by atoms with Crippen LogP contribution in [-0.4, -0.2) is 11.7 Å². The molecule has 0 saturated carbocycles. The van der Waals surface area contributed by atoms with Gasteiger partial charge < -0.3 is 0 Å². The molecule has 1 aliphatic carbocycles. The summed E-state index contributed by atoms with van der Waals surface area (Å²) in [6, 6.07) is 5.29. The van der Waals surface area contributed by atoms with E-state index < -0.39 is 17.9 Å². The van der Waals surface area contributed by atoms with Gasteiger partial charge in [-0.05, 0) is 0 Å². The van der Waals surface area contributed by atoms with Gasteiger partial charge in [-0.25, -0.2) is 4.39 Å². The van der Waals surface area contributed by atoms with Crippen LogP contribution in [0.4, 0.5) is 13.2 Å². The van der Waals surface area contributed by atoms with Crippen LogP contribution in [-0.2, 0) is 0 Å². The predicted molar refractivity (Wildman–Crippen MR) is 39.6 cm³/mol. The van der Waals surface area contributed by atoms with E-state index in [4.69, 9.17) is 0 Å². The van der Waals surface area contributed by atoms with Gasteiger partial charge in [0.2, 0.25) is 5.78 Å². The van der Waals surface area contributed by atoms with Crippen molar-refractivity contribution < 1.29 is 18.0 Å². The Bertz CT molecular complexity index is 373. The number of Topliss-reactive ketones (excluding diaryl/α,β-unsaturated/α-hetero) is 1. The Morgan fingerprint density at radius 2 is 1.85 bits per heavy atom. The Morgan fingerprint density at radius 3 is 2.46 bits per heavy atom. The number of carbonyl (C=O) groups excluding carboxylic acids is 1. The third-order valence-electron chi connectivity index (χ3n) is 2.10. The highest BCUT2D eigenvalue weighted by atomic mass is 19.3. The Kier molecular flexibility index (Phi) is 1.49. The molecule has 2 rings (SSSR count). The van der Waals surface area contributed by atoms with Crippen molar-refractivity contribution in [1.29, 1.82) is 0 Å². The van der Waals surface area contributed by atoms with E-state index in [-0.39, 0.29) is 11.1 Å². The molecule has 1 nitrogen and oxygen atoms in total. The number of carbonyl (C=O) groups is 1. The van der Waals surface area contributed by atoms with E-state index in [0.29, 0.717) is 0 Å². The molecule has 0 bridgehead atoms.